The van der Waals surface area contributed by atoms with Crippen LogP contribution in [0.1, 0.15) is 44.7 Å². The zero-order chi connectivity index (χ0) is 13.8. The summed E-state index contributed by atoms with van der Waals surface area (Å²) in [6, 6.07) is 11.5. The molecule has 1 unspecified atom stereocenters. The first kappa shape index (κ1) is 14.5. The van der Waals surface area contributed by atoms with Gasteiger partial charge in [-0.1, -0.05) is 42.5 Å². The number of thiocarbonyl (C=S) groups is 1. The third-order valence-corrected chi connectivity index (χ3v) is 3.98. The van der Waals surface area contributed by atoms with Gasteiger partial charge in [-0.25, -0.2) is 0 Å². The van der Waals surface area contributed by atoms with E-state index in [1.807, 2.05) is 0 Å². The van der Waals surface area contributed by atoms with E-state index in [9.17, 15) is 0 Å². The van der Waals surface area contributed by atoms with Gasteiger partial charge in [0.05, 0.1) is 4.99 Å². The lowest BCUT2D eigenvalue weighted by Crippen LogP contribution is -2.38. The molecular formula is C16H24N2S. The Bertz CT molecular complexity index is 412. The third-order valence-electron chi connectivity index (χ3n) is 3.81. The van der Waals surface area contributed by atoms with Crippen molar-refractivity contribution < 1.29 is 0 Å². The van der Waals surface area contributed by atoms with E-state index in [-0.39, 0.29) is 0 Å². The minimum absolute atomic E-state index is 0.319. The normalized spacial score (nSPS) is 16.8. The highest BCUT2D eigenvalue weighted by Crippen LogP contribution is 2.35. The first-order valence-electron chi connectivity index (χ1n) is 7.17. The summed E-state index contributed by atoms with van der Waals surface area (Å²) in [6.07, 6.45) is 3.51. The lowest BCUT2D eigenvalue weighted by molar-refractivity contribution is 0.149. The molecule has 2 nitrogen and oxygen atoms in total. The molecule has 1 fully saturated rings. The molecule has 104 valence electrons. The Morgan fingerprint density at radius 3 is 2.42 bits per heavy atom. The Hall–Kier alpha value is -0.930. The van der Waals surface area contributed by atoms with E-state index in [0.29, 0.717) is 17.1 Å². The van der Waals surface area contributed by atoms with Crippen molar-refractivity contribution in [1.82, 2.24) is 4.90 Å². The van der Waals surface area contributed by atoms with E-state index in [0.717, 1.165) is 12.3 Å². The second-order valence-electron chi connectivity index (χ2n) is 5.83. The predicted octanol–water partition coefficient (Wildman–Crippen LogP) is 3.52. The number of nitrogens with two attached hydrogens (primary N) is 1. The Labute approximate surface area is 122 Å². The first-order chi connectivity index (χ1) is 9.08. The molecule has 3 heteroatoms. The van der Waals surface area contributed by atoms with Gasteiger partial charge in [0, 0.05) is 25.0 Å². The van der Waals surface area contributed by atoms with Gasteiger partial charge < -0.3 is 5.73 Å². The van der Waals surface area contributed by atoms with Crippen LogP contribution >= 0.6 is 12.2 Å². The van der Waals surface area contributed by atoms with E-state index in [4.69, 9.17) is 18.0 Å². The third kappa shape index (κ3) is 4.29. The van der Waals surface area contributed by atoms with Gasteiger partial charge in [-0.3, -0.25) is 4.90 Å². The summed E-state index contributed by atoms with van der Waals surface area (Å²) in [5.74, 6) is 0.875. The summed E-state index contributed by atoms with van der Waals surface area (Å²) in [5, 5.41) is 0. The summed E-state index contributed by atoms with van der Waals surface area (Å²) >= 11 is 5.16. The van der Waals surface area contributed by atoms with Crippen LogP contribution in [0.25, 0.3) is 0 Å². The van der Waals surface area contributed by atoms with Gasteiger partial charge >= 0.3 is 0 Å². The second kappa shape index (κ2) is 6.49. The van der Waals surface area contributed by atoms with Crippen molar-refractivity contribution in [3.8, 4) is 0 Å². The summed E-state index contributed by atoms with van der Waals surface area (Å²) in [5.41, 5.74) is 7.14. The van der Waals surface area contributed by atoms with Gasteiger partial charge in [-0.05, 0) is 38.2 Å². The van der Waals surface area contributed by atoms with Crippen LogP contribution in [0.15, 0.2) is 30.3 Å². The van der Waals surface area contributed by atoms with Crippen LogP contribution in [0.4, 0.5) is 0 Å². The van der Waals surface area contributed by atoms with Crippen LogP contribution in [0.5, 0.6) is 0 Å². The van der Waals surface area contributed by atoms with E-state index in [1.54, 1.807) is 0 Å². The molecule has 1 aliphatic carbocycles. The lowest BCUT2D eigenvalue weighted by Gasteiger charge is -2.35. The van der Waals surface area contributed by atoms with Crippen LogP contribution < -0.4 is 5.73 Å². The van der Waals surface area contributed by atoms with Crippen LogP contribution in [0.3, 0.4) is 0 Å². The molecule has 0 saturated heterocycles. The van der Waals surface area contributed by atoms with E-state index >= 15 is 0 Å². The molecule has 2 N–H and O–H groups in total. The van der Waals surface area contributed by atoms with Gasteiger partial charge in [0.2, 0.25) is 0 Å². The molecular weight excluding hydrogens is 252 g/mol. The van der Waals surface area contributed by atoms with Crippen LogP contribution in [0.2, 0.25) is 0 Å². The van der Waals surface area contributed by atoms with Crippen LogP contribution in [0, 0.1) is 5.92 Å². The highest BCUT2D eigenvalue weighted by molar-refractivity contribution is 7.80. The quantitative estimate of drug-likeness (QED) is 0.773. The molecule has 0 amide bonds. The molecule has 1 atom stereocenters. The van der Waals surface area contributed by atoms with E-state index < -0.39 is 0 Å². The van der Waals surface area contributed by atoms with Crippen LogP contribution in [-0.2, 0) is 0 Å². The number of hydrogen-bond acceptors (Lipinski definition) is 2. The average molecular weight is 276 g/mol. The van der Waals surface area contributed by atoms with Crippen molar-refractivity contribution in [1.29, 1.82) is 0 Å². The SMILES string of the molecule is CC(C)N(CC1CC1)C(CC(N)=S)c1ccccc1. The highest BCUT2D eigenvalue weighted by atomic mass is 32.1. The number of benzene rings is 1. The van der Waals surface area contributed by atoms with Gasteiger partial charge in [-0.2, -0.15) is 0 Å². The Kier molecular flexibility index (Phi) is 4.94. The zero-order valence-corrected chi connectivity index (χ0v) is 12.7. The van der Waals surface area contributed by atoms with Gasteiger partial charge in [-0.15, -0.1) is 0 Å². The Balaban J connectivity index is 2.20. The molecule has 1 aromatic rings. The smallest absolute Gasteiger partial charge is 0.0746 e. The number of nitrogens with zero attached hydrogens (tertiary/aromatic N) is 1. The van der Waals surface area contributed by atoms with Crippen molar-refractivity contribution in [3.05, 3.63) is 35.9 Å². The lowest BCUT2D eigenvalue weighted by atomic mass is 10.00. The molecule has 1 aliphatic rings. The average Bonchev–Trinajstić information content (AvgIpc) is 3.18. The molecule has 0 heterocycles. The van der Waals surface area contributed by atoms with E-state index in [2.05, 4.69) is 49.1 Å². The van der Waals surface area contributed by atoms with Crippen molar-refractivity contribution in [2.75, 3.05) is 6.54 Å². The molecule has 2 rings (SSSR count). The molecule has 0 aromatic heterocycles. The van der Waals surface area contributed by atoms with Gasteiger partial charge in [0.25, 0.3) is 0 Å². The first-order valence-corrected chi connectivity index (χ1v) is 7.57. The molecule has 0 bridgehead atoms. The standard InChI is InChI=1S/C16H24N2S/c1-12(2)18(11-13-8-9-13)15(10-16(17)19)14-6-4-3-5-7-14/h3-7,12-13,15H,8-11H2,1-2H3,(H2,17,19). The van der Waals surface area contributed by atoms with Crippen molar-refractivity contribution in [2.45, 2.75) is 45.2 Å². The fourth-order valence-corrected chi connectivity index (χ4v) is 2.75. The maximum atomic E-state index is 5.82. The summed E-state index contributed by atoms with van der Waals surface area (Å²) in [6.45, 7) is 5.69. The van der Waals surface area contributed by atoms with E-state index in [1.165, 1.54) is 24.9 Å². The monoisotopic (exact) mass is 276 g/mol. The summed E-state index contributed by atoms with van der Waals surface area (Å²) in [4.78, 5) is 3.17. The Morgan fingerprint density at radius 2 is 1.95 bits per heavy atom. The largest absolute Gasteiger partial charge is 0.393 e. The number of hydrogen-bond donors (Lipinski definition) is 1. The van der Waals surface area contributed by atoms with Crippen molar-refractivity contribution >= 4 is 17.2 Å². The molecule has 0 aliphatic heterocycles. The Morgan fingerprint density at radius 1 is 1.32 bits per heavy atom. The van der Waals surface area contributed by atoms with Crippen LogP contribution in [-0.4, -0.2) is 22.5 Å². The predicted molar refractivity (Wildman–Crippen MR) is 85.2 cm³/mol. The maximum absolute atomic E-state index is 5.82. The van der Waals surface area contributed by atoms with Gasteiger partial charge in [0.1, 0.15) is 0 Å². The summed E-state index contributed by atoms with van der Waals surface area (Å²) < 4.78 is 0. The fraction of sp³-hybridized carbons (Fsp3) is 0.562. The fourth-order valence-electron chi connectivity index (χ4n) is 2.59. The second-order valence-corrected chi connectivity index (χ2v) is 6.36. The molecule has 0 spiro atoms. The minimum atomic E-state index is 0.319. The maximum Gasteiger partial charge on any atom is 0.0746 e. The topological polar surface area (TPSA) is 29.3 Å². The van der Waals surface area contributed by atoms with Crippen molar-refractivity contribution in [2.24, 2.45) is 11.7 Å². The summed E-state index contributed by atoms with van der Waals surface area (Å²) in [7, 11) is 0. The van der Waals surface area contributed by atoms with Gasteiger partial charge in [0.15, 0.2) is 0 Å². The molecule has 1 saturated carbocycles. The highest BCUT2D eigenvalue weighted by Gasteiger charge is 2.30. The number of rotatable bonds is 7. The zero-order valence-electron chi connectivity index (χ0n) is 11.9. The minimum Gasteiger partial charge on any atom is -0.393 e. The molecule has 0 radical (unpaired) electrons. The molecule has 19 heavy (non-hydrogen) atoms. The molecule has 1 aromatic carbocycles. The van der Waals surface area contributed by atoms with Crippen molar-refractivity contribution in [3.63, 3.8) is 0 Å².